The van der Waals surface area contributed by atoms with Gasteiger partial charge in [0.1, 0.15) is 6.33 Å². The summed E-state index contributed by atoms with van der Waals surface area (Å²) in [4.78, 5) is 12.1. The Kier molecular flexibility index (Phi) is 5.38. The number of thioether (sulfide) groups is 2. The van der Waals surface area contributed by atoms with Gasteiger partial charge < -0.3 is 4.57 Å². The molecule has 0 aliphatic heterocycles. The summed E-state index contributed by atoms with van der Waals surface area (Å²) in [7, 11) is 1.84. The highest BCUT2D eigenvalue weighted by molar-refractivity contribution is 8.01. The molecule has 2 heterocycles. The minimum Gasteiger partial charge on any atom is -0.312 e. The molecule has 0 aliphatic rings. The summed E-state index contributed by atoms with van der Waals surface area (Å²) in [6.07, 6.45) is 1.60. The van der Waals surface area contributed by atoms with Crippen molar-refractivity contribution < 1.29 is 4.79 Å². The zero-order valence-corrected chi connectivity index (χ0v) is 13.7. The van der Waals surface area contributed by atoms with Crippen LogP contribution in [0, 0.1) is 0 Å². The second-order valence-electron chi connectivity index (χ2n) is 3.78. The Morgan fingerprint density at radius 3 is 2.95 bits per heavy atom. The summed E-state index contributed by atoms with van der Waals surface area (Å²) in [5, 5.41) is 19.4. The van der Waals surface area contributed by atoms with Crippen molar-refractivity contribution in [1.82, 2.24) is 25.0 Å². The molecule has 0 saturated carbocycles. The molecule has 0 saturated heterocycles. The van der Waals surface area contributed by atoms with E-state index in [4.69, 9.17) is 0 Å². The molecule has 2 aromatic rings. The summed E-state index contributed by atoms with van der Waals surface area (Å²) >= 11 is 4.33. The number of hydrogen-bond donors (Lipinski definition) is 1. The molecule has 1 amide bonds. The van der Waals surface area contributed by atoms with E-state index in [2.05, 4.69) is 25.7 Å². The maximum atomic E-state index is 12.1. The minimum absolute atomic E-state index is 0.123. The summed E-state index contributed by atoms with van der Waals surface area (Å²) in [5.74, 6) is 0.809. The van der Waals surface area contributed by atoms with Gasteiger partial charge in [-0.25, -0.2) is 0 Å². The van der Waals surface area contributed by atoms with E-state index in [0.29, 0.717) is 10.3 Å². The first-order chi connectivity index (χ1) is 9.60. The molecule has 0 spiro atoms. The van der Waals surface area contributed by atoms with E-state index >= 15 is 0 Å². The van der Waals surface area contributed by atoms with Crippen LogP contribution >= 0.6 is 34.9 Å². The maximum absolute atomic E-state index is 12.1. The number of aryl methyl sites for hydroxylation is 1. The third-order valence-electron chi connectivity index (χ3n) is 2.23. The third-order valence-corrected chi connectivity index (χ3v) is 5.23. The predicted molar refractivity (Wildman–Crippen MR) is 81.3 cm³/mol. The fraction of sp³-hybridized carbons (Fsp3) is 0.500. The fourth-order valence-electron chi connectivity index (χ4n) is 1.24. The lowest BCUT2D eigenvalue weighted by molar-refractivity contribution is -0.115. The zero-order valence-electron chi connectivity index (χ0n) is 11.2. The van der Waals surface area contributed by atoms with E-state index in [9.17, 15) is 4.79 Å². The lowest BCUT2D eigenvalue weighted by atomic mass is 10.4. The molecule has 20 heavy (non-hydrogen) atoms. The van der Waals surface area contributed by atoms with Gasteiger partial charge in [0.05, 0.1) is 5.25 Å². The average Bonchev–Trinajstić information content (AvgIpc) is 3.00. The minimum atomic E-state index is -0.288. The normalized spacial score (nSPS) is 12.3. The van der Waals surface area contributed by atoms with Crippen molar-refractivity contribution in [3.05, 3.63) is 6.33 Å². The standard InChI is InChI=1S/C10H14N6OS3/c1-4-18-10-15-13-8(20-10)12-7(17)6(2)19-9-14-11-5-16(9)3/h5-6H,4H2,1-3H3,(H,12,13,17)/t6-/m1/s1. The van der Waals surface area contributed by atoms with E-state index in [0.717, 1.165) is 10.1 Å². The first kappa shape index (κ1) is 15.3. The van der Waals surface area contributed by atoms with Gasteiger partial charge in [0, 0.05) is 7.05 Å². The Balaban J connectivity index is 1.91. The van der Waals surface area contributed by atoms with E-state index in [1.807, 2.05) is 20.9 Å². The predicted octanol–water partition coefficient (Wildman–Crippen LogP) is 1.90. The molecule has 0 aliphatic carbocycles. The number of rotatable bonds is 6. The summed E-state index contributed by atoms with van der Waals surface area (Å²) < 4.78 is 2.63. The van der Waals surface area contributed by atoms with Gasteiger partial charge in [0.15, 0.2) is 9.50 Å². The van der Waals surface area contributed by atoms with Crippen molar-refractivity contribution in [2.75, 3.05) is 11.1 Å². The molecule has 0 aromatic carbocycles. The van der Waals surface area contributed by atoms with E-state index in [1.54, 1.807) is 22.7 Å². The lowest BCUT2D eigenvalue weighted by Gasteiger charge is -2.08. The van der Waals surface area contributed by atoms with Crippen LogP contribution in [0.3, 0.4) is 0 Å². The van der Waals surface area contributed by atoms with Gasteiger partial charge in [0.2, 0.25) is 11.0 Å². The summed E-state index contributed by atoms with van der Waals surface area (Å²) in [6, 6.07) is 0. The van der Waals surface area contributed by atoms with Crippen LogP contribution in [0.25, 0.3) is 0 Å². The maximum Gasteiger partial charge on any atom is 0.239 e. The Morgan fingerprint density at radius 2 is 2.30 bits per heavy atom. The van der Waals surface area contributed by atoms with Gasteiger partial charge in [-0.1, -0.05) is 41.8 Å². The van der Waals surface area contributed by atoms with Gasteiger partial charge in [-0.05, 0) is 12.7 Å². The average molecular weight is 330 g/mol. The molecule has 7 nitrogen and oxygen atoms in total. The molecule has 2 rings (SSSR count). The first-order valence-electron chi connectivity index (χ1n) is 5.88. The molecule has 108 valence electrons. The second kappa shape index (κ2) is 7.04. The molecular formula is C10H14N6OS3. The number of aromatic nitrogens is 5. The van der Waals surface area contributed by atoms with Crippen LogP contribution in [0.4, 0.5) is 5.13 Å². The van der Waals surface area contributed by atoms with Crippen molar-refractivity contribution >= 4 is 45.9 Å². The zero-order chi connectivity index (χ0) is 14.5. The second-order valence-corrected chi connectivity index (χ2v) is 7.58. The number of nitrogens with one attached hydrogen (secondary N) is 1. The van der Waals surface area contributed by atoms with E-state index < -0.39 is 0 Å². The van der Waals surface area contributed by atoms with Gasteiger partial charge in [-0.3, -0.25) is 10.1 Å². The van der Waals surface area contributed by atoms with Crippen LogP contribution in [0.2, 0.25) is 0 Å². The number of anilines is 1. The highest BCUT2D eigenvalue weighted by Gasteiger charge is 2.18. The van der Waals surface area contributed by atoms with Crippen LogP contribution < -0.4 is 5.32 Å². The van der Waals surface area contributed by atoms with Crippen molar-refractivity contribution in [2.45, 2.75) is 28.6 Å². The van der Waals surface area contributed by atoms with Crippen molar-refractivity contribution in [2.24, 2.45) is 7.05 Å². The number of hydrogen-bond acceptors (Lipinski definition) is 8. The van der Waals surface area contributed by atoms with Gasteiger partial charge >= 0.3 is 0 Å². The van der Waals surface area contributed by atoms with E-state index in [1.165, 1.54) is 23.1 Å². The number of carbonyl (C=O) groups is 1. The topological polar surface area (TPSA) is 85.6 Å². The monoisotopic (exact) mass is 330 g/mol. The molecule has 2 aromatic heterocycles. The van der Waals surface area contributed by atoms with Crippen LogP contribution in [0.5, 0.6) is 0 Å². The molecule has 1 N–H and O–H groups in total. The smallest absolute Gasteiger partial charge is 0.239 e. The Labute approximate surface area is 129 Å². The summed E-state index contributed by atoms with van der Waals surface area (Å²) in [5.41, 5.74) is 0. The largest absolute Gasteiger partial charge is 0.312 e. The highest BCUT2D eigenvalue weighted by atomic mass is 32.2. The van der Waals surface area contributed by atoms with E-state index in [-0.39, 0.29) is 11.2 Å². The number of nitrogens with zero attached hydrogens (tertiary/aromatic N) is 5. The molecule has 0 bridgehead atoms. The third kappa shape index (κ3) is 3.93. The van der Waals surface area contributed by atoms with Crippen molar-refractivity contribution in [1.29, 1.82) is 0 Å². The fourth-order valence-corrected chi connectivity index (χ4v) is 3.68. The lowest BCUT2D eigenvalue weighted by Crippen LogP contribution is -2.22. The van der Waals surface area contributed by atoms with Crippen molar-refractivity contribution in [3.63, 3.8) is 0 Å². The molecule has 0 radical (unpaired) electrons. The van der Waals surface area contributed by atoms with Crippen LogP contribution in [0.15, 0.2) is 15.8 Å². The SMILES string of the molecule is CCSc1nnc(NC(=O)[C@@H](C)Sc2nncn2C)s1. The first-order valence-corrected chi connectivity index (χ1v) is 8.56. The van der Waals surface area contributed by atoms with Gasteiger partial charge in [-0.2, -0.15) is 0 Å². The van der Waals surface area contributed by atoms with Crippen LogP contribution in [0.1, 0.15) is 13.8 Å². The Bertz CT molecular complexity index is 583. The Morgan fingerprint density at radius 1 is 1.50 bits per heavy atom. The number of amides is 1. The van der Waals surface area contributed by atoms with Gasteiger partial charge in [-0.15, -0.1) is 20.4 Å². The quantitative estimate of drug-likeness (QED) is 0.639. The van der Waals surface area contributed by atoms with Crippen molar-refractivity contribution in [3.8, 4) is 0 Å². The number of carbonyl (C=O) groups excluding carboxylic acids is 1. The molecule has 10 heteroatoms. The summed E-state index contributed by atoms with van der Waals surface area (Å²) in [6.45, 7) is 3.86. The molecule has 1 atom stereocenters. The van der Waals surface area contributed by atoms with Gasteiger partial charge in [0.25, 0.3) is 0 Å². The Hall–Kier alpha value is -1.13. The van der Waals surface area contributed by atoms with Crippen LogP contribution in [-0.2, 0) is 11.8 Å². The molecular weight excluding hydrogens is 316 g/mol. The van der Waals surface area contributed by atoms with Crippen LogP contribution in [-0.4, -0.2) is 41.9 Å². The highest BCUT2D eigenvalue weighted by Crippen LogP contribution is 2.26. The molecule has 0 fully saturated rings. The molecule has 0 unspecified atom stereocenters.